The summed E-state index contributed by atoms with van der Waals surface area (Å²) < 4.78 is 3.48. The second kappa shape index (κ2) is 5.11. The molecular formula is C15H12Cl2N4O. The lowest BCUT2D eigenvalue weighted by Crippen LogP contribution is -2.28. The highest BCUT2D eigenvalue weighted by Gasteiger charge is 2.18. The number of nitrogens with zero attached hydrogens (tertiary/aromatic N) is 4. The van der Waals surface area contributed by atoms with Crippen LogP contribution in [0.4, 0.5) is 0 Å². The molecule has 7 heteroatoms. The highest BCUT2D eigenvalue weighted by molar-refractivity contribution is 6.34. The van der Waals surface area contributed by atoms with E-state index in [4.69, 9.17) is 23.2 Å². The highest BCUT2D eigenvalue weighted by atomic mass is 35.5. The zero-order valence-electron chi connectivity index (χ0n) is 11.6. The van der Waals surface area contributed by atoms with E-state index in [1.807, 2.05) is 0 Å². The van der Waals surface area contributed by atoms with Crippen LogP contribution in [0.15, 0.2) is 29.3 Å². The standard InChI is InChI=1S/C15H12Cl2N4O/c16-9-5-10(17)7-11(6-9)21-8-18-13-14(21)19-12-3-1-2-4-20(12)15(13)22/h5-8H,1-4H2. The summed E-state index contributed by atoms with van der Waals surface area (Å²) in [4.78, 5) is 21.4. The number of aryl methyl sites for hydroxylation is 1. The van der Waals surface area contributed by atoms with Crippen molar-refractivity contribution < 1.29 is 0 Å². The molecule has 4 rings (SSSR count). The van der Waals surface area contributed by atoms with Crippen molar-refractivity contribution in [1.29, 1.82) is 0 Å². The lowest BCUT2D eigenvalue weighted by atomic mass is 10.1. The smallest absolute Gasteiger partial charge is 0.281 e. The van der Waals surface area contributed by atoms with Gasteiger partial charge in [0.05, 0.1) is 5.69 Å². The van der Waals surface area contributed by atoms with Crippen LogP contribution in [0, 0.1) is 0 Å². The zero-order valence-corrected chi connectivity index (χ0v) is 13.1. The van der Waals surface area contributed by atoms with E-state index in [1.165, 1.54) is 0 Å². The molecule has 0 N–H and O–H groups in total. The van der Waals surface area contributed by atoms with E-state index in [-0.39, 0.29) is 5.56 Å². The molecule has 0 atom stereocenters. The molecule has 1 aromatic carbocycles. The minimum atomic E-state index is -0.0772. The first-order valence-corrected chi connectivity index (χ1v) is 7.82. The van der Waals surface area contributed by atoms with Crippen molar-refractivity contribution in [2.75, 3.05) is 0 Å². The Kier molecular flexibility index (Phi) is 3.20. The monoisotopic (exact) mass is 334 g/mol. The first-order valence-electron chi connectivity index (χ1n) is 7.07. The number of aromatic nitrogens is 4. The second-order valence-corrected chi connectivity index (χ2v) is 6.23. The molecular weight excluding hydrogens is 323 g/mol. The number of hydrogen-bond donors (Lipinski definition) is 0. The molecule has 2 aromatic heterocycles. The summed E-state index contributed by atoms with van der Waals surface area (Å²) in [6, 6.07) is 5.20. The molecule has 0 saturated heterocycles. The molecule has 0 spiro atoms. The normalized spacial score (nSPS) is 14.3. The van der Waals surface area contributed by atoms with Crippen molar-refractivity contribution in [3.8, 4) is 5.69 Å². The lowest BCUT2D eigenvalue weighted by Gasteiger charge is -2.17. The van der Waals surface area contributed by atoms with E-state index in [0.29, 0.717) is 27.8 Å². The highest BCUT2D eigenvalue weighted by Crippen LogP contribution is 2.24. The van der Waals surface area contributed by atoms with Crippen molar-refractivity contribution in [1.82, 2.24) is 19.1 Å². The van der Waals surface area contributed by atoms with E-state index in [0.717, 1.165) is 30.8 Å². The fraction of sp³-hybridized carbons (Fsp3) is 0.267. The van der Waals surface area contributed by atoms with Gasteiger partial charge in [0.2, 0.25) is 0 Å². The van der Waals surface area contributed by atoms with Gasteiger partial charge in [0, 0.05) is 23.0 Å². The topological polar surface area (TPSA) is 52.7 Å². The number of benzene rings is 1. The predicted octanol–water partition coefficient (Wildman–Crippen LogP) is 3.23. The molecule has 0 aliphatic carbocycles. The van der Waals surface area contributed by atoms with Crippen molar-refractivity contribution in [2.45, 2.75) is 25.8 Å². The van der Waals surface area contributed by atoms with Gasteiger partial charge in [-0.2, -0.15) is 0 Å². The van der Waals surface area contributed by atoms with Gasteiger partial charge in [-0.25, -0.2) is 9.97 Å². The number of fused-ring (bicyclic) bond motifs is 2. The summed E-state index contributed by atoms with van der Waals surface area (Å²) in [6.45, 7) is 0.715. The Hall–Kier alpha value is -1.85. The Morgan fingerprint density at radius 3 is 2.64 bits per heavy atom. The van der Waals surface area contributed by atoms with Crippen LogP contribution in [0.25, 0.3) is 16.9 Å². The van der Waals surface area contributed by atoms with Gasteiger partial charge in [-0.3, -0.25) is 13.9 Å². The average Bonchev–Trinajstić information content (AvgIpc) is 2.90. The summed E-state index contributed by atoms with van der Waals surface area (Å²) in [6.07, 6.45) is 4.46. The van der Waals surface area contributed by atoms with Gasteiger partial charge in [0.25, 0.3) is 5.56 Å². The quantitative estimate of drug-likeness (QED) is 0.686. The molecule has 1 aliphatic rings. The molecule has 0 saturated carbocycles. The van der Waals surface area contributed by atoms with Crippen molar-refractivity contribution in [2.24, 2.45) is 0 Å². The largest absolute Gasteiger partial charge is 0.295 e. The molecule has 22 heavy (non-hydrogen) atoms. The van der Waals surface area contributed by atoms with Crippen molar-refractivity contribution in [3.05, 3.63) is 50.7 Å². The van der Waals surface area contributed by atoms with Gasteiger partial charge >= 0.3 is 0 Å². The Labute approximate surface area is 136 Å². The average molecular weight is 335 g/mol. The molecule has 0 bridgehead atoms. The summed E-state index contributed by atoms with van der Waals surface area (Å²) in [5.41, 5.74) is 1.59. The molecule has 3 heterocycles. The van der Waals surface area contributed by atoms with E-state index in [2.05, 4.69) is 9.97 Å². The fourth-order valence-electron chi connectivity index (χ4n) is 2.87. The Bertz CT molecular complexity index is 924. The van der Waals surface area contributed by atoms with E-state index >= 15 is 0 Å². The minimum Gasteiger partial charge on any atom is -0.295 e. The second-order valence-electron chi connectivity index (χ2n) is 5.36. The van der Waals surface area contributed by atoms with Crippen LogP contribution in [-0.4, -0.2) is 19.1 Å². The van der Waals surface area contributed by atoms with Crippen molar-refractivity contribution in [3.63, 3.8) is 0 Å². The Morgan fingerprint density at radius 2 is 1.86 bits per heavy atom. The Morgan fingerprint density at radius 1 is 1.09 bits per heavy atom. The van der Waals surface area contributed by atoms with Gasteiger partial charge < -0.3 is 0 Å². The molecule has 0 unspecified atom stereocenters. The molecule has 112 valence electrons. The van der Waals surface area contributed by atoms with Gasteiger partial charge in [0.15, 0.2) is 11.2 Å². The van der Waals surface area contributed by atoms with E-state index in [1.54, 1.807) is 33.7 Å². The molecule has 1 aliphatic heterocycles. The molecule has 0 radical (unpaired) electrons. The minimum absolute atomic E-state index is 0.0772. The van der Waals surface area contributed by atoms with Crippen LogP contribution >= 0.6 is 23.2 Å². The molecule has 0 amide bonds. The summed E-state index contributed by atoms with van der Waals surface area (Å²) >= 11 is 12.1. The fourth-order valence-corrected chi connectivity index (χ4v) is 3.38. The summed E-state index contributed by atoms with van der Waals surface area (Å²) in [7, 11) is 0. The van der Waals surface area contributed by atoms with Crippen LogP contribution in [0.5, 0.6) is 0 Å². The van der Waals surface area contributed by atoms with Gasteiger partial charge in [-0.05, 0) is 31.0 Å². The van der Waals surface area contributed by atoms with Gasteiger partial charge in [-0.1, -0.05) is 23.2 Å². The zero-order chi connectivity index (χ0) is 15.3. The third kappa shape index (κ3) is 2.12. The molecule has 0 fully saturated rings. The first-order chi connectivity index (χ1) is 10.6. The summed E-state index contributed by atoms with van der Waals surface area (Å²) in [5.74, 6) is 0.818. The van der Waals surface area contributed by atoms with Gasteiger partial charge in [-0.15, -0.1) is 0 Å². The number of halogens is 2. The summed E-state index contributed by atoms with van der Waals surface area (Å²) in [5, 5.41) is 1.05. The number of imidazole rings is 1. The van der Waals surface area contributed by atoms with Crippen LogP contribution < -0.4 is 5.56 Å². The third-order valence-corrected chi connectivity index (χ3v) is 4.33. The molecule has 5 nitrogen and oxygen atoms in total. The number of rotatable bonds is 1. The van der Waals surface area contributed by atoms with Crippen LogP contribution in [0.2, 0.25) is 10.0 Å². The SMILES string of the molecule is O=c1c2ncn(-c3cc(Cl)cc(Cl)c3)c2nc2n1CCCC2. The Balaban J connectivity index is 2.00. The van der Waals surface area contributed by atoms with Crippen LogP contribution in [-0.2, 0) is 13.0 Å². The maximum atomic E-state index is 12.5. The maximum Gasteiger partial charge on any atom is 0.281 e. The molecule has 3 aromatic rings. The van der Waals surface area contributed by atoms with Crippen molar-refractivity contribution >= 4 is 34.4 Å². The van der Waals surface area contributed by atoms with E-state index < -0.39 is 0 Å². The maximum absolute atomic E-state index is 12.5. The predicted molar refractivity (Wildman–Crippen MR) is 86.1 cm³/mol. The first kappa shape index (κ1) is 13.8. The van der Waals surface area contributed by atoms with Gasteiger partial charge in [0.1, 0.15) is 12.2 Å². The van der Waals surface area contributed by atoms with Crippen LogP contribution in [0.3, 0.4) is 0 Å². The lowest BCUT2D eigenvalue weighted by molar-refractivity contribution is 0.500. The third-order valence-electron chi connectivity index (χ3n) is 3.89. The van der Waals surface area contributed by atoms with Crippen LogP contribution in [0.1, 0.15) is 18.7 Å². The number of hydrogen-bond acceptors (Lipinski definition) is 3. The van der Waals surface area contributed by atoms with E-state index in [9.17, 15) is 4.79 Å².